The maximum atomic E-state index is 3.56. The summed E-state index contributed by atoms with van der Waals surface area (Å²) in [5.74, 6) is 0. The molecule has 0 saturated heterocycles. The molecule has 3 rings (SSSR count). The van der Waals surface area contributed by atoms with Crippen LogP contribution in [0.1, 0.15) is 43.2 Å². The van der Waals surface area contributed by atoms with Crippen LogP contribution in [-0.4, -0.2) is 10.9 Å². The fourth-order valence-corrected chi connectivity index (χ4v) is 3.50. The topological polar surface area (TPSA) is 3.24 Å². The number of fused-ring (bicyclic) bond motifs is 1. The molecule has 2 heteroatoms. The molecule has 1 fully saturated rings. The molecule has 86 valence electrons. The molecule has 1 heterocycles. The summed E-state index contributed by atoms with van der Waals surface area (Å²) in [6.07, 6.45) is 7.13. The van der Waals surface area contributed by atoms with Crippen LogP contribution in [-0.2, 0) is 13.1 Å². The third-order valence-corrected chi connectivity index (χ3v) is 4.50. The molecule has 0 unspecified atom stereocenters. The van der Waals surface area contributed by atoms with Crippen LogP contribution in [0, 0.1) is 0 Å². The van der Waals surface area contributed by atoms with Crippen molar-refractivity contribution in [2.75, 3.05) is 0 Å². The van der Waals surface area contributed by atoms with E-state index in [1.165, 1.54) is 60.8 Å². The van der Waals surface area contributed by atoms with Crippen molar-refractivity contribution in [3.63, 3.8) is 0 Å². The third-order valence-electron chi connectivity index (χ3n) is 4.01. The highest BCUT2D eigenvalue weighted by atomic mass is 79.9. The first-order chi connectivity index (χ1) is 7.83. The lowest BCUT2D eigenvalue weighted by atomic mass is 9.94. The Morgan fingerprint density at radius 3 is 2.56 bits per heavy atom. The Kier molecular flexibility index (Phi) is 3.03. The van der Waals surface area contributed by atoms with Gasteiger partial charge in [-0.2, -0.15) is 0 Å². The van der Waals surface area contributed by atoms with Gasteiger partial charge in [0, 0.05) is 23.6 Å². The second kappa shape index (κ2) is 4.50. The van der Waals surface area contributed by atoms with Crippen molar-refractivity contribution in [1.82, 2.24) is 4.90 Å². The maximum absolute atomic E-state index is 3.56. The minimum atomic E-state index is 0.847. The summed E-state index contributed by atoms with van der Waals surface area (Å²) in [7, 11) is 0. The summed E-state index contributed by atoms with van der Waals surface area (Å²) >= 11 is 3.56. The van der Waals surface area contributed by atoms with E-state index in [-0.39, 0.29) is 0 Å². The van der Waals surface area contributed by atoms with E-state index in [1.807, 2.05) is 0 Å². The fraction of sp³-hybridized carbons (Fsp3) is 0.571. The zero-order valence-corrected chi connectivity index (χ0v) is 11.2. The molecule has 1 aliphatic heterocycles. The van der Waals surface area contributed by atoms with Crippen molar-refractivity contribution in [1.29, 1.82) is 0 Å². The number of hydrogen-bond acceptors (Lipinski definition) is 1. The molecule has 1 aromatic carbocycles. The van der Waals surface area contributed by atoms with Gasteiger partial charge >= 0.3 is 0 Å². The monoisotopic (exact) mass is 279 g/mol. The molecule has 16 heavy (non-hydrogen) atoms. The van der Waals surface area contributed by atoms with E-state index in [1.54, 1.807) is 0 Å². The smallest absolute Gasteiger partial charge is 0.0243 e. The zero-order valence-electron chi connectivity index (χ0n) is 9.58. The van der Waals surface area contributed by atoms with Gasteiger partial charge in [-0.15, -0.1) is 0 Å². The second-order valence-electron chi connectivity index (χ2n) is 5.11. The normalized spacial score (nSPS) is 22.3. The first kappa shape index (κ1) is 10.8. The Labute approximate surface area is 106 Å². The predicted octanol–water partition coefficient (Wildman–Crippen LogP) is 4.10. The number of nitrogens with zero attached hydrogens (tertiary/aromatic N) is 1. The lowest BCUT2D eigenvalue weighted by Crippen LogP contribution is -2.32. The van der Waals surface area contributed by atoms with Crippen LogP contribution in [0.2, 0.25) is 0 Å². The minimum Gasteiger partial charge on any atom is -0.292 e. The van der Waals surface area contributed by atoms with Gasteiger partial charge in [-0.1, -0.05) is 41.3 Å². The average Bonchev–Trinajstić information content (AvgIpc) is 2.73. The summed E-state index contributed by atoms with van der Waals surface area (Å²) in [4.78, 5) is 2.68. The van der Waals surface area contributed by atoms with E-state index in [2.05, 4.69) is 39.0 Å². The van der Waals surface area contributed by atoms with Crippen LogP contribution in [0.15, 0.2) is 22.7 Å². The summed E-state index contributed by atoms with van der Waals surface area (Å²) in [6, 6.07) is 7.59. The number of hydrogen-bond donors (Lipinski definition) is 0. The van der Waals surface area contributed by atoms with Gasteiger partial charge in [0.15, 0.2) is 0 Å². The molecular formula is C14H18BrN. The van der Waals surface area contributed by atoms with Gasteiger partial charge in [-0.25, -0.2) is 0 Å². The first-order valence-electron chi connectivity index (χ1n) is 6.34. The Hall–Kier alpha value is -0.340. The number of rotatable bonds is 1. The van der Waals surface area contributed by atoms with Crippen LogP contribution in [0.3, 0.4) is 0 Å². The molecule has 0 aromatic heterocycles. The summed E-state index contributed by atoms with van der Waals surface area (Å²) in [6.45, 7) is 2.34. The van der Waals surface area contributed by atoms with E-state index in [0.29, 0.717) is 0 Å². The molecule has 0 radical (unpaired) electrons. The molecule has 1 aromatic rings. The summed E-state index contributed by atoms with van der Waals surface area (Å²) in [5, 5.41) is 0. The summed E-state index contributed by atoms with van der Waals surface area (Å²) < 4.78 is 1.22. The minimum absolute atomic E-state index is 0.847. The second-order valence-corrected chi connectivity index (χ2v) is 6.03. The maximum Gasteiger partial charge on any atom is 0.0243 e. The van der Waals surface area contributed by atoms with Crippen LogP contribution in [0.25, 0.3) is 0 Å². The highest BCUT2D eigenvalue weighted by Gasteiger charge is 2.26. The molecular weight excluding hydrogens is 262 g/mol. The Bertz CT molecular complexity index is 382. The van der Waals surface area contributed by atoms with E-state index in [9.17, 15) is 0 Å². The van der Waals surface area contributed by atoms with E-state index in [4.69, 9.17) is 0 Å². The standard InChI is InChI=1S/C14H18BrN/c15-13-7-6-11-9-16(10-12(11)8-13)14-4-2-1-3-5-14/h6-8,14H,1-5,9-10H2. The van der Waals surface area contributed by atoms with Crippen molar-refractivity contribution >= 4 is 15.9 Å². The Morgan fingerprint density at radius 1 is 1.00 bits per heavy atom. The lowest BCUT2D eigenvalue weighted by molar-refractivity contribution is 0.156. The van der Waals surface area contributed by atoms with Crippen LogP contribution in [0.5, 0.6) is 0 Å². The highest BCUT2D eigenvalue weighted by molar-refractivity contribution is 9.10. The molecule has 1 aliphatic carbocycles. The molecule has 0 spiro atoms. The average molecular weight is 280 g/mol. The largest absolute Gasteiger partial charge is 0.292 e. The van der Waals surface area contributed by atoms with Gasteiger partial charge in [0.05, 0.1) is 0 Å². The van der Waals surface area contributed by atoms with Gasteiger partial charge < -0.3 is 0 Å². The molecule has 0 atom stereocenters. The SMILES string of the molecule is Brc1ccc2c(c1)CN(C1CCCCC1)C2. The predicted molar refractivity (Wildman–Crippen MR) is 70.3 cm³/mol. The van der Waals surface area contributed by atoms with Gasteiger partial charge in [0.2, 0.25) is 0 Å². The lowest BCUT2D eigenvalue weighted by Gasteiger charge is -2.30. The highest BCUT2D eigenvalue weighted by Crippen LogP contribution is 2.31. The fourth-order valence-electron chi connectivity index (χ4n) is 3.09. The first-order valence-corrected chi connectivity index (χ1v) is 7.13. The van der Waals surface area contributed by atoms with Gasteiger partial charge in [-0.05, 0) is 36.1 Å². The summed E-state index contributed by atoms with van der Waals surface area (Å²) in [5.41, 5.74) is 3.06. The third kappa shape index (κ3) is 2.05. The van der Waals surface area contributed by atoms with E-state index < -0.39 is 0 Å². The molecule has 1 saturated carbocycles. The van der Waals surface area contributed by atoms with E-state index >= 15 is 0 Å². The van der Waals surface area contributed by atoms with Crippen molar-refractivity contribution in [2.24, 2.45) is 0 Å². The van der Waals surface area contributed by atoms with Crippen LogP contribution in [0.4, 0.5) is 0 Å². The van der Waals surface area contributed by atoms with Crippen LogP contribution < -0.4 is 0 Å². The van der Waals surface area contributed by atoms with Gasteiger partial charge in [-0.3, -0.25) is 4.90 Å². The van der Waals surface area contributed by atoms with Crippen molar-refractivity contribution in [3.8, 4) is 0 Å². The number of halogens is 1. The molecule has 0 amide bonds. The van der Waals surface area contributed by atoms with E-state index in [0.717, 1.165) is 6.04 Å². The van der Waals surface area contributed by atoms with Gasteiger partial charge in [0.25, 0.3) is 0 Å². The Balaban J connectivity index is 1.74. The van der Waals surface area contributed by atoms with Crippen LogP contribution >= 0.6 is 15.9 Å². The Morgan fingerprint density at radius 2 is 1.75 bits per heavy atom. The molecule has 0 bridgehead atoms. The molecule has 2 aliphatic rings. The quantitative estimate of drug-likeness (QED) is 0.748. The van der Waals surface area contributed by atoms with Gasteiger partial charge in [0.1, 0.15) is 0 Å². The molecule has 0 N–H and O–H groups in total. The zero-order chi connectivity index (χ0) is 11.0. The number of benzene rings is 1. The van der Waals surface area contributed by atoms with Crippen molar-refractivity contribution in [3.05, 3.63) is 33.8 Å². The molecule has 1 nitrogen and oxygen atoms in total. The van der Waals surface area contributed by atoms with Crippen molar-refractivity contribution < 1.29 is 0 Å². The van der Waals surface area contributed by atoms with Crippen molar-refractivity contribution in [2.45, 2.75) is 51.2 Å².